The average Bonchev–Trinajstić information content (AvgIpc) is 2.17. The zero-order valence-electron chi connectivity index (χ0n) is 7.69. The molecule has 1 rings (SSSR count). The van der Waals surface area contributed by atoms with Crippen molar-refractivity contribution >= 4 is 18.4 Å². The van der Waals surface area contributed by atoms with Crippen LogP contribution in [0.5, 0.6) is 0 Å². The van der Waals surface area contributed by atoms with E-state index < -0.39 is 0 Å². The number of hydrogen-bond donors (Lipinski definition) is 0. The number of halogens is 1. The molecule has 0 aromatic heterocycles. The molecule has 1 aromatic carbocycles. The molecule has 3 heteroatoms. The van der Waals surface area contributed by atoms with Crippen LogP contribution >= 0.6 is 12.4 Å². The number of methoxy groups -OCH3 is 1. The van der Waals surface area contributed by atoms with Crippen LogP contribution in [0.25, 0.3) is 0 Å². The maximum absolute atomic E-state index is 11.1. The van der Waals surface area contributed by atoms with Gasteiger partial charge in [0, 0.05) is 0 Å². The predicted octanol–water partition coefficient (Wildman–Crippen LogP) is 2.38. The first-order valence-corrected chi connectivity index (χ1v) is 3.88. The van der Waals surface area contributed by atoms with E-state index in [1.165, 1.54) is 7.11 Å². The van der Waals surface area contributed by atoms with Gasteiger partial charge in [0.2, 0.25) is 0 Å². The molecule has 13 heavy (non-hydrogen) atoms. The zero-order chi connectivity index (χ0) is 8.97. The second-order valence-corrected chi connectivity index (χ2v) is 2.66. The second-order valence-electron chi connectivity index (χ2n) is 2.66. The lowest BCUT2D eigenvalue weighted by Crippen LogP contribution is -2.10. The first-order valence-electron chi connectivity index (χ1n) is 3.88. The van der Waals surface area contributed by atoms with E-state index in [0.717, 1.165) is 5.56 Å². The molecule has 1 aromatic rings. The van der Waals surface area contributed by atoms with Crippen molar-refractivity contribution < 1.29 is 9.53 Å². The van der Waals surface area contributed by atoms with Crippen LogP contribution in [0.4, 0.5) is 0 Å². The molecule has 0 N–H and O–H groups in total. The molecule has 0 aliphatic heterocycles. The molecule has 0 aliphatic carbocycles. The Labute approximate surface area is 84.3 Å². The molecule has 0 fully saturated rings. The van der Waals surface area contributed by atoms with E-state index in [1.54, 1.807) is 0 Å². The number of benzene rings is 1. The van der Waals surface area contributed by atoms with Gasteiger partial charge in [-0.2, -0.15) is 0 Å². The van der Waals surface area contributed by atoms with E-state index in [1.807, 2.05) is 37.3 Å². The molecule has 0 heterocycles. The van der Waals surface area contributed by atoms with E-state index in [-0.39, 0.29) is 24.3 Å². The van der Waals surface area contributed by atoms with Crippen molar-refractivity contribution in [3.8, 4) is 0 Å². The van der Waals surface area contributed by atoms with Crippen molar-refractivity contribution in [2.24, 2.45) is 0 Å². The molecule has 0 radical (unpaired) electrons. The van der Waals surface area contributed by atoms with Crippen molar-refractivity contribution in [3.63, 3.8) is 0 Å². The lowest BCUT2D eigenvalue weighted by Gasteiger charge is -2.08. The molecule has 0 spiro atoms. The van der Waals surface area contributed by atoms with Gasteiger partial charge in [0.1, 0.15) is 0 Å². The zero-order valence-corrected chi connectivity index (χ0v) is 8.51. The molecule has 0 bridgehead atoms. The minimum absolute atomic E-state index is 0. The van der Waals surface area contributed by atoms with Gasteiger partial charge in [-0.05, 0) is 12.5 Å². The Hall–Kier alpha value is -1.02. The van der Waals surface area contributed by atoms with Gasteiger partial charge in [-0.25, -0.2) is 0 Å². The molecule has 1 atom stereocenters. The highest BCUT2D eigenvalue weighted by Gasteiger charge is 2.14. The van der Waals surface area contributed by atoms with Crippen molar-refractivity contribution in [1.82, 2.24) is 0 Å². The minimum atomic E-state index is -0.193. The van der Waals surface area contributed by atoms with Crippen molar-refractivity contribution in [1.29, 1.82) is 0 Å². The maximum Gasteiger partial charge on any atom is 0.312 e. The molecule has 1 unspecified atom stereocenters. The first-order chi connectivity index (χ1) is 5.75. The second kappa shape index (κ2) is 5.60. The molecule has 0 saturated heterocycles. The summed E-state index contributed by atoms with van der Waals surface area (Å²) in [4.78, 5) is 11.1. The third-order valence-electron chi connectivity index (χ3n) is 1.85. The largest absolute Gasteiger partial charge is 0.469 e. The fourth-order valence-electron chi connectivity index (χ4n) is 1.05. The van der Waals surface area contributed by atoms with E-state index in [0.29, 0.717) is 0 Å². The summed E-state index contributed by atoms with van der Waals surface area (Å²) >= 11 is 0. The van der Waals surface area contributed by atoms with Gasteiger partial charge >= 0.3 is 5.97 Å². The smallest absolute Gasteiger partial charge is 0.312 e. The Morgan fingerprint density at radius 3 is 2.31 bits per heavy atom. The monoisotopic (exact) mass is 200 g/mol. The highest BCUT2D eigenvalue weighted by atomic mass is 35.5. The molecular weight excluding hydrogens is 188 g/mol. The van der Waals surface area contributed by atoms with Gasteiger partial charge in [0.25, 0.3) is 0 Å². The maximum atomic E-state index is 11.1. The van der Waals surface area contributed by atoms with Crippen LogP contribution in [-0.2, 0) is 9.53 Å². The molecule has 2 nitrogen and oxygen atoms in total. The van der Waals surface area contributed by atoms with Crippen LogP contribution in [0.2, 0.25) is 0 Å². The van der Waals surface area contributed by atoms with Crippen LogP contribution in [0.3, 0.4) is 0 Å². The third-order valence-corrected chi connectivity index (χ3v) is 1.85. The first kappa shape index (κ1) is 12.0. The average molecular weight is 201 g/mol. The quantitative estimate of drug-likeness (QED) is 0.686. The van der Waals surface area contributed by atoms with Gasteiger partial charge in [-0.15, -0.1) is 12.4 Å². The van der Waals surface area contributed by atoms with E-state index >= 15 is 0 Å². The van der Waals surface area contributed by atoms with E-state index in [4.69, 9.17) is 0 Å². The van der Waals surface area contributed by atoms with Gasteiger partial charge in [-0.3, -0.25) is 4.79 Å². The molecule has 0 saturated carbocycles. The lowest BCUT2D eigenvalue weighted by molar-refractivity contribution is -0.141. The van der Waals surface area contributed by atoms with Crippen LogP contribution in [0.15, 0.2) is 30.3 Å². The normalized spacial score (nSPS) is 11.2. The number of ether oxygens (including phenoxy) is 1. The van der Waals surface area contributed by atoms with E-state index in [9.17, 15) is 4.79 Å². The Morgan fingerprint density at radius 1 is 1.31 bits per heavy atom. The van der Waals surface area contributed by atoms with Crippen molar-refractivity contribution in [2.75, 3.05) is 7.11 Å². The number of esters is 1. The van der Waals surface area contributed by atoms with Crippen LogP contribution < -0.4 is 0 Å². The summed E-state index contributed by atoms with van der Waals surface area (Å²) in [5, 5.41) is 0. The Bertz CT molecular complexity index is 259. The number of hydrogen-bond acceptors (Lipinski definition) is 2. The Balaban J connectivity index is 0.00000144. The summed E-state index contributed by atoms with van der Waals surface area (Å²) in [6.45, 7) is 1.83. The fraction of sp³-hybridized carbons (Fsp3) is 0.300. The van der Waals surface area contributed by atoms with Gasteiger partial charge in [0.15, 0.2) is 0 Å². The van der Waals surface area contributed by atoms with Gasteiger partial charge in [-0.1, -0.05) is 30.3 Å². The number of carbonyl (C=O) groups excluding carboxylic acids is 1. The van der Waals surface area contributed by atoms with E-state index in [2.05, 4.69) is 4.74 Å². The standard InChI is InChI=1S/C10H12O2.ClH/c1-8(10(11)12-2)9-6-4-3-5-7-9;/h3-8H,1-2H3;1H. The van der Waals surface area contributed by atoms with Crippen LogP contribution in [0.1, 0.15) is 18.4 Å². The predicted molar refractivity (Wildman–Crippen MR) is 54.1 cm³/mol. The SMILES string of the molecule is COC(=O)C(C)c1ccccc1.Cl. The summed E-state index contributed by atoms with van der Waals surface area (Å²) in [6, 6.07) is 9.58. The summed E-state index contributed by atoms with van der Waals surface area (Å²) in [7, 11) is 1.40. The lowest BCUT2D eigenvalue weighted by atomic mass is 10.0. The fourth-order valence-corrected chi connectivity index (χ4v) is 1.05. The van der Waals surface area contributed by atoms with Crippen molar-refractivity contribution in [3.05, 3.63) is 35.9 Å². The molecular formula is C10H13ClO2. The van der Waals surface area contributed by atoms with Gasteiger partial charge in [0.05, 0.1) is 13.0 Å². The third kappa shape index (κ3) is 3.07. The molecule has 72 valence electrons. The van der Waals surface area contributed by atoms with Gasteiger partial charge < -0.3 is 4.74 Å². The Kier molecular flexibility index (Phi) is 5.16. The highest BCUT2D eigenvalue weighted by Crippen LogP contribution is 2.15. The Morgan fingerprint density at radius 2 is 1.85 bits per heavy atom. The van der Waals surface area contributed by atoms with Crippen LogP contribution in [-0.4, -0.2) is 13.1 Å². The topological polar surface area (TPSA) is 26.3 Å². The molecule has 0 amide bonds. The molecule has 0 aliphatic rings. The summed E-state index contributed by atoms with van der Waals surface area (Å²) in [5.74, 6) is -0.364. The minimum Gasteiger partial charge on any atom is -0.469 e. The highest BCUT2D eigenvalue weighted by molar-refractivity contribution is 5.85. The number of carbonyl (C=O) groups is 1. The summed E-state index contributed by atoms with van der Waals surface area (Å²) < 4.78 is 4.63. The number of rotatable bonds is 2. The van der Waals surface area contributed by atoms with Crippen molar-refractivity contribution in [2.45, 2.75) is 12.8 Å². The summed E-state index contributed by atoms with van der Waals surface area (Å²) in [5.41, 5.74) is 0.990. The summed E-state index contributed by atoms with van der Waals surface area (Å²) in [6.07, 6.45) is 0. The van der Waals surface area contributed by atoms with Crippen LogP contribution in [0, 0.1) is 0 Å².